The summed E-state index contributed by atoms with van der Waals surface area (Å²) in [6.45, 7) is 0.793. The summed E-state index contributed by atoms with van der Waals surface area (Å²) in [5.74, 6) is 2.01. The number of ether oxygens (including phenoxy) is 3. The first-order valence-corrected chi connectivity index (χ1v) is 10.3. The lowest BCUT2D eigenvalue weighted by Gasteiger charge is -2.09. The number of rotatable bonds is 8. The topological polar surface area (TPSA) is 78.6 Å². The number of aromatic nitrogens is 2. The fraction of sp³-hybridized carbons (Fsp3) is 0.160. The van der Waals surface area contributed by atoms with Crippen LogP contribution in [0.15, 0.2) is 82.1 Å². The number of para-hydroxylation sites is 3. The highest BCUT2D eigenvalue weighted by Crippen LogP contribution is 2.33. The Morgan fingerprint density at radius 3 is 2.50 bits per heavy atom. The zero-order valence-corrected chi connectivity index (χ0v) is 17.5. The van der Waals surface area contributed by atoms with Gasteiger partial charge in [-0.3, -0.25) is 4.57 Å². The Labute approximate surface area is 183 Å². The Bertz CT molecular complexity index is 1430. The average molecular weight is 430 g/mol. The second-order valence-corrected chi connectivity index (χ2v) is 7.29. The first-order chi connectivity index (χ1) is 15.7. The van der Waals surface area contributed by atoms with Gasteiger partial charge < -0.3 is 23.6 Å². The monoisotopic (exact) mass is 430 g/mol. The van der Waals surface area contributed by atoms with Crippen molar-refractivity contribution in [3.05, 3.63) is 89.2 Å². The van der Waals surface area contributed by atoms with Gasteiger partial charge in [0, 0.05) is 16.3 Å². The first-order valence-electron chi connectivity index (χ1n) is 10.3. The standard InChI is InChI=1S/C25H22N2O5/c1-29-21-10-4-5-11-22(21)30-14-13-27-15-17(32-25(27)28)16-31-23-12-6-9-20-24(23)18-7-2-3-8-19(18)26-20/h2-12,15,26H,13-14,16H2,1H3. The van der Waals surface area contributed by atoms with Crippen molar-refractivity contribution in [1.82, 2.24) is 9.55 Å². The lowest BCUT2D eigenvalue weighted by Crippen LogP contribution is -2.17. The van der Waals surface area contributed by atoms with Crippen LogP contribution in [-0.2, 0) is 13.2 Å². The number of fused-ring (bicyclic) bond motifs is 3. The lowest BCUT2D eigenvalue weighted by molar-refractivity contribution is 0.265. The van der Waals surface area contributed by atoms with Crippen molar-refractivity contribution >= 4 is 21.8 Å². The highest BCUT2D eigenvalue weighted by atomic mass is 16.5. The molecule has 0 aliphatic rings. The number of oxazole rings is 1. The van der Waals surface area contributed by atoms with E-state index in [2.05, 4.69) is 11.1 Å². The number of nitrogens with one attached hydrogen (secondary N) is 1. The largest absolute Gasteiger partial charge is 0.493 e. The molecule has 0 spiro atoms. The molecule has 0 radical (unpaired) electrons. The van der Waals surface area contributed by atoms with Crippen molar-refractivity contribution in [2.45, 2.75) is 13.2 Å². The van der Waals surface area contributed by atoms with Gasteiger partial charge in [-0.05, 0) is 30.3 Å². The van der Waals surface area contributed by atoms with E-state index in [1.807, 2.05) is 60.7 Å². The SMILES string of the molecule is COc1ccccc1OCCn1cc(COc2cccc3[nH]c4ccccc4c23)oc1=O. The van der Waals surface area contributed by atoms with Gasteiger partial charge in [-0.15, -0.1) is 0 Å². The molecule has 7 nitrogen and oxygen atoms in total. The third-order valence-electron chi connectivity index (χ3n) is 5.27. The zero-order chi connectivity index (χ0) is 21.9. The number of benzene rings is 3. The number of aromatic amines is 1. The van der Waals surface area contributed by atoms with Crippen molar-refractivity contribution in [2.24, 2.45) is 0 Å². The van der Waals surface area contributed by atoms with Crippen LogP contribution >= 0.6 is 0 Å². The van der Waals surface area contributed by atoms with Gasteiger partial charge in [-0.25, -0.2) is 4.79 Å². The van der Waals surface area contributed by atoms with Crippen LogP contribution in [0.2, 0.25) is 0 Å². The Kier molecular flexibility index (Phi) is 5.29. The second-order valence-electron chi connectivity index (χ2n) is 7.29. The maximum atomic E-state index is 12.2. The van der Waals surface area contributed by atoms with Crippen molar-refractivity contribution in [1.29, 1.82) is 0 Å². The molecule has 2 heterocycles. The molecule has 0 bridgehead atoms. The lowest BCUT2D eigenvalue weighted by atomic mass is 10.1. The van der Waals surface area contributed by atoms with Gasteiger partial charge in [0.25, 0.3) is 0 Å². The van der Waals surface area contributed by atoms with Crippen LogP contribution in [0.4, 0.5) is 0 Å². The third-order valence-corrected chi connectivity index (χ3v) is 5.27. The minimum atomic E-state index is -0.447. The van der Waals surface area contributed by atoms with Gasteiger partial charge in [-0.1, -0.05) is 36.4 Å². The van der Waals surface area contributed by atoms with E-state index in [0.29, 0.717) is 30.4 Å². The maximum Gasteiger partial charge on any atom is 0.419 e. The van der Waals surface area contributed by atoms with Gasteiger partial charge in [0.1, 0.15) is 19.0 Å². The molecule has 3 aromatic carbocycles. The number of hydrogen-bond donors (Lipinski definition) is 1. The molecule has 0 fully saturated rings. The first kappa shape index (κ1) is 19.8. The molecular formula is C25H22N2O5. The second kappa shape index (κ2) is 8.55. The third kappa shape index (κ3) is 3.80. The van der Waals surface area contributed by atoms with Crippen LogP contribution in [0.25, 0.3) is 21.8 Å². The van der Waals surface area contributed by atoms with Crippen LogP contribution in [0, 0.1) is 0 Å². The number of hydrogen-bond acceptors (Lipinski definition) is 5. The predicted octanol–water partition coefficient (Wildman–Crippen LogP) is 4.74. The molecule has 0 saturated carbocycles. The van der Waals surface area contributed by atoms with Crippen molar-refractivity contribution in [3.8, 4) is 17.2 Å². The van der Waals surface area contributed by atoms with Gasteiger partial charge in [0.05, 0.1) is 25.4 Å². The van der Waals surface area contributed by atoms with E-state index < -0.39 is 5.76 Å². The summed E-state index contributed by atoms with van der Waals surface area (Å²) in [5.41, 5.74) is 2.04. The fourth-order valence-electron chi connectivity index (χ4n) is 3.78. The molecule has 32 heavy (non-hydrogen) atoms. The molecule has 7 heteroatoms. The minimum absolute atomic E-state index is 0.147. The molecule has 0 saturated heterocycles. The smallest absolute Gasteiger partial charge is 0.419 e. The fourth-order valence-corrected chi connectivity index (χ4v) is 3.78. The molecule has 0 atom stereocenters. The number of H-pyrrole nitrogens is 1. The molecule has 0 aliphatic heterocycles. The highest BCUT2D eigenvalue weighted by Gasteiger charge is 2.12. The van der Waals surface area contributed by atoms with Crippen molar-refractivity contribution in [2.75, 3.05) is 13.7 Å². The Morgan fingerprint density at radius 2 is 1.62 bits per heavy atom. The summed E-state index contributed by atoms with van der Waals surface area (Å²) in [5, 5.41) is 2.10. The molecule has 2 aromatic heterocycles. The van der Waals surface area contributed by atoms with Gasteiger partial charge in [-0.2, -0.15) is 0 Å². The number of methoxy groups -OCH3 is 1. The number of nitrogens with zero attached hydrogens (tertiary/aromatic N) is 1. The van der Waals surface area contributed by atoms with Crippen molar-refractivity contribution < 1.29 is 18.6 Å². The maximum absolute atomic E-state index is 12.2. The Balaban J connectivity index is 1.28. The van der Waals surface area contributed by atoms with E-state index in [0.717, 1.165) is 27.6 Å². The van der Waals surface area contributed by atoms with E-state index in [1.54, 1.807) is 13.3 Å². The summed E-state index contributed by atoms with van der Waals surface area (Å²) in [7, 11) is 1.59. The van der Waals surface area contributed by atoms with E-state index in [4.69, 9.17) is 18.6 Å². The molecule has 1 N–H and O–H groups in total. The van der Waals surface area contributed by atoms with E-state index in [-0.39, 0.29) is 6.61 Å². The molecule has 0 aliphatic carbocycles. The molecule has 0 unspecified atom stereocenters. The van der Waals surface area contributed by atoms with Crippen LogP contribution in [0.5, 0.6) is 17.2 Å². The van der Waals surface area contributed by atoms with Gasteiger partial charge in [0.15, 0.2) is 17.3 Å². The zero-order valence-electron chi connectivity index (χ0n) is 17.5. The molecule has 162 valence electrons. The van der Waals surface area contributed by atoms with E-state index in [9.17, 15) is 4.79 Å². The van der Waals surface area contributed by atoms with Gasteiger partial charge >= 0.3 is 5.76 Å². The van der Waals surface area contributed by atoms with Crippen LogP contribution < -0.4 is 20.0 Å². The minimum Gasteiger partial charge on any atom is -0.493 e. The van der Waals surface area contributed by atoms with E-state index >= 15 is 0 Å². The highest BCUT2D eigenvalue weighted by molar-refractivity contribution is 6.10. The predicted molar refractivity (Wildman–Crippen MR) is 122 cm³/mol. The Hall–Kier alpha value is -4.13. The van der Waals surface area contributed by atoms with Crippen LogP contribution in [-0.4, -0.2) is 23.3 Å². The normalized spacial score (nSPS) is 11.2. The average Bonchev–Trinajstić information content (AvgIpc) is 3.38. The van der Waals surface area contributed by atoms with Crippen LogP contribution in [0.3, 0.4) is 0 Å². The summed E-state index contributed by atoms with van der Waals surface area (Å²) in [6.07, 6.45) is 1.66. The summed E-state index contributed by atoms with van der Waals surface area (Å²) >= 11 is 0. The van der Waals surface area contributed by atoms with Crippen LogP contribution in [0.1, 0.15) is 5.76 Å². The Morgan fingerprint density at radius 1 is 0.875 bits per heavy atom. The summed E-state index contributed by atoms with van der Waals surface area (Å²) in [6, 6.07) is 21.3. The quantitative estimate of drug-likeness (QED) is 0.385. The molecule has 5 aromatic rings. The van der Waals surface area contributed by atoms with Gasteiger partial charge in [0.2, 0.25) is 0 Å². The molecular weight excluding hydrogens is 408 g/mol. The summed E-state index contributed by atoms with van der Waals surface area (Å²) in [4.78, 5) is 15.6. The molecule has 0 amide bonds. The molecule has 5 rings (SSSR count). The summed E-state index contributed by atoms with van der Waals surface area (Å²) < 4.78 is 23.9. The van der Waals surface area contributed by atoms with E-state index in [1.165, 1.54) is 4.57 Å². The van der Waals surface area contributed by atoms with Crippen molar-refractivity contribution in [3.63, 3.8) is 0 Å².